The lowest BCUT2D eigenvalue weighted by atomic mass is 10.1. The van der Waals surface area contributed by atoms with Crippen LogP contribution in [0.25, 0.3) is 0 Å². The van der Waals surface area contributed by atoms with Gasteiger partial charge < -0.3 is 19.9 Å². The summed E-state index contributed by atoms with van der Waals surface area (Å²) in [5, 5.41) is 5.63. The van der Waals surface area contributed by atoms with Gasteiger partial charge in [-0.05, 0) is 45.4 Å². The van der Waals surface area contributed by atoms with Gasteiger partial charge in [0.25, 0.3) is 0 Å². The Morgan fingerprint density at radius 1 is 1.23 bits per heavy atom. The summed E-state index contributed by atoms with van der Waals surface area (Å²) >= 11 is 0. The summed E-state index contributed by atoms with van der Waals surface area (Å²) in [5.74, 6) is 0.675. The summed E-state index contributed by atoms with van der Waals surface area (Å²) in [7, 11) is 3.46. The number of aliphatic imine (C=N–C) groups is 1. The zero-order valence-electron chi connectivity index (χ0n) is 19.2. The molecule has 2 N–H and O–H groups in total. The molecule has 0 fully saturated rings. The summed E-state index contributed by atoms with van der Waals surface area (Å²) in [4.78, 5) is 43.5. The Morgan fingerprint density at radius 3 is 2.55 bits per heavy atom. The second-order valence-electron chi connectivity index (χ2n) is 8.80. The number of carbonyl (C=O) groups is 3. The fourth-order valence-electron chi connectivity index (χ4n) is 3.02. The van der Waals surface area contributed by atoms with Crippen LogP contribution in [-0.4, -0.2) is 66.3 Å². The first-order valence-corrected chi connectivity index (χ1v) is 10.3. The van der Waals surface area contributed by atoms with Crippen molar-refractivity contribution in [3.63, 3.8) is 0 Å². The minimum absolute atomic E-state index is 0.0631. The molecule has 0 saturated carbocycles. The molecule has 2 rings (SSSR count). The molecule has 1 aliphatic rings. The molecule has 0 aliphatic carbocycles. The van der Waals surface area contributed by atoms with Gasteiger partial charge in [-0.2, -0.15) is 0 Å². The molecule has 0 bridgehead atoms. The second kappa shape index (κ2) is 10.3. The Kier molecular flexibility index (Phi) is 8.01. The van der Waals surface area contributed by atoms with Crippen molar-refractivity contribution in [1.29, 1.82) is 0 Å². The van der Waals surface area contributed by atoms with Crippen molar-refractivity contribution < 1.29 is 19.1 Å². The summed E-state index contributed by atoms with van der Waals surface area (Å²) in [6.45, 7) is 8.04. The molecular formula is C22H33N5O4. The van der Waals surface area contributed by atoms with Gasteiger partial charge in [0.1, 0.15) is 12.3 Å². The van der Waals surface area contributed by atoms with E-state index in [1.165, 1.54) is 6.92 Å². The van der Waals surface area contributed by atoms with Gasteiger partial charge in [-0.3, -0.25) is 19.7 Å². The largest absolute Gasteiger partial charge is 0.494 e. The van der Waals surface area contributed by atoms with Gasteiger partial charge in [-0.15, -0.1) is 0 Å². The van der Waals surface area contributed by atoms with Crippen molar-refractivity contribution in [2.24, 2.45) is 4.99 Å². The molecule has 3 amide bonds. The van der Waals surface area contributed by atoms with Gasteiger partial charge in [-0.1, -0.05) is 0 Å². The highest BCUT2D eigenvalue weighted by atomic mass is 16.5. The van der Waals surface area contributed by atoms with E-state index < -0.39 is 0 Å². The molecule has 0 unspecified atom stereocenters. The molecule has 0 saturated heterocycles. The second-order valence-corrected chi connectivity index (χ2v) is 8.80. The fraction of sp³-hybridized carbons (Fsp3) is 0.545. The number of ether oxygens (including phenoxy) is 1. The quantitative estimate of drug-likeness (QED) is 0.641. The van der Waals surface area contributed by atoms with Crippen LogP contribution in [0.4, 0.5) is 5.69 Å². The Morgan fingerprint density at radius 2 is 1.94 bits per heavy atom. The third-order valence-electron chi connectivity index (χ3n) is 4.38. The average Bonchev–Trinajstić information content (AvgIpc) is 2.63. The summed E-state index contributed by atoms with van der Waals surface area (Å²) in [6.07, 6.45) is 1.05. The molecule has 1 aromatic rings. The van der Waals surface area contributed by atoms with Gasteiger partial charge in [-0.25, -0.2) is 4.99 Å². The molecule has 170 valence electrons. The third kappa shape index (κ3) is 7.92. The maximum atomic E-state index is 12.4. The monoisotopic (exact) mass is 431 g/mol. The van der Waals surface area contributed by atoms with E-state index in [9.17, 15) is 14.4 Å². The van der Waals surface area contributed by atoms with E-state index >= 15 is 0 Å². The normalized spacial score (nSPS) is 13.1. The van der Waals surface area contributed by atoms with E-state index in [2.05, 4.69) is 15.6 Å². The molecule has 0 atom stereocenters. The van der Waals surface area contributed by atoms with Gasteiger partial charge in [0, 0.05) is 45.1 Å². The smallest absolute Gasteiger partial charge is 0.240 e. The van der Waals surface area contributed by atoms with E-state index in [1.54, 1.807) is 23.9 Å². The number of carbonyl (C=O) groups excluding carboxylic acids is 3. The minimum atomic E-state index is -0.356. The number of benzene rings is 1. The topological polar surface area (TPSA) is 103 Å². The van der Waals surface area contributed by atoms with Crippen LogP contribution >= 0.6 is 0 Å². The molecule has 9 heteroatoms. The maximum Gasteiger partial charge on any atom is 0.240 e. The van der Waals surface area contributed by atoms with Crippen LogP contribution in [0.1, 0.15) is 46.1 Å². The van der Waals surface area contributed by atoms with Crippen LogP contribution in [-0.2, 0) is 20.9 Å². The average molecular weight is 432 g/mol. The van der Waals surface area contributed by atoms with Gasteiger partial charge in [0.2, 0.25) is 23.7 Å². The first-order valence-electron chi connectivity index (χ1n) is 10.3. The highest BCUT2D eigenvalue weighted by molar-refractivity contribution is 5.99. The Balaban J connectivity index is 2.08. The zero-order valence-corrected chi connectivity index (χ0v) is 19.2. The standard InChI is InChI=1S/C22H33N5O4/c1-15(28)23-21-24-18-10-9-17(31-11-7-8-20(30)26(5)6)12-16(18)13-27(21)14-19(29)25-22(2,3)4/h9-10,12H,7-8,11,13-14H2,1-6H3,(H,25,29)(H,23,24,28). The van der Waals surface area contributed by atoms with Crippen molar-refractivity contribution >= 4 is 29.4 Å². The van der Waals surface area contributed by atoms with Crippen molar-refractivity contribution in [3.05, 3.63) is 23.8 Å². The molecular weight excluding hydrogens is 398 g/mol. The predicted octanol–water partition coefficient (Wildman–Crippen LogP) is 1.79. The number of amides is 3. The Labute approximate surface area is 183 Å². The first-order chi connectivity index (χ1) is 14.4. The molecule has 9 nitrogen and oxygen atoms in total. The van der Waals surface area contributed by atoms with Crippen molar-refractivity contribution in [2.75, 3.05) is 27.2 Å². The van der Waals surface area contributed by atoms with E-state index in [0.717, 1.165) is 5.56 Å². The Bertz CT molecular complexity index is 858. The fourth-order valence-corrected chi connectivity index (χ4v) is 3.02. The number of guanidine groups is 1. The van der Waals surface area contributed by atoms with Crippen LogP contribution in [0.5, 0.6) is 5.75 Å². The molecule has 31 heavy (non-hydrogen) atoms. The van der Waals surface area contributed by atoms with E-state index in [1.807, 2.05) is 39.0 Å². The first kappa shape index (κ1) is 24.2. The number of nitrogens with zero attached hydrogens (tertiary/aromatic N) is 3. The van der Waals surface area contributed by atoms with Crippen LogP contribution in [0.2, 0.25) is 0 Å². The summed E-state index contributed by atoms with van der Waals surface area (Å²) < 4.78 is 5.79. The number of rotatable bonds is 7. The lowest BCUT2D eigenvalue weighted by molar-refractivity contribution is -0.129. The van der Waals surface area contributed by atoms with E-state index in [-0.39, 0.29) is 29.8 Å². The Hall–Kier alpha value is -3.10. The lowest BCUT2D eigenvalue weighted by Gasteiger charge is -2.31. The van der Waals surface area contributed by atoms with Crippen molar-refractivity contribution in [1.82, 2.24) is 20.4 Å². The maximum absolute atomic E-state index is 12.4. The SMILES string of the molecule is CC(=O)NC1=Nc2ccc(OCCCC(=O)N(C)C)cc2CN1CC(=O)NC(C)(C)C. The van der Waals surface area contributed by atoms with Gasteiger partial charge in [0.15, 0.2) is 0 Å². The number of hydrogen-bond donors (Lipinski definition) is 2. The minimum Gasteiger partial charge on any atom is -0.494 e. The van der Waals surface area contributed by atoms with Crippen LogP contribution in [0, 0.1) is 0 Å². The molecule has 1 aromatic carbocycles. The van der Waals surface area contributed by atoms with Crippen LogP contribution in [0.15, 0.2) is 23.2 Å². The van der Waals surface area contributed by atoms with Crippen molar-refractivity contribution in [3.8, 4) is 5.75 Å². The molecule has 0 aromatic heterocycles. The zero-order chi connectivity index (χ0) is 23.2. The van der Waals surface area contributed by atoms with Gasteiger partial charge in [0.05, 0.1) is 12.3 Å². The van der Waals surface area contributed by atoms with Crippen LogP contribution in [0.3, 0.4) is 0 Å². The van der Waals surface area contributed by atoms with Gasteiger partial charge >= 0.3 is 0 Å². The summed E-state index contributed by atoms with van der Waals surface area (Å²) in [6, 6.07) is 5.51. The third-order valence-corrected chi connectivity index (χ3v) is 4.38. The highest BCUT2D eigenvalue weighted by Gasteiger charge is 2.24. The van der Waals surface area contributed by atoms with Crippen molar-refractivity contribution in [2.45, 2.75) is 52.6 Å². The van der Waals surface area contributed by atoms with Crippen LogP contribution < -0.4 is 15.4 Å². The molecule has 1 heterocycles. The number of hydrogen-bond acceptors (Lipinski definition) is 6. The summed E-state index contributed by atoms with van der Waals surface area (Å²) in [5.41, 5.74) is 1.25. The highest BCUT2D eigenvalue weighted by Crippen LogP contribution is 2.29. The molecule has 0 spiro atoms. The molecule has 0 radical (unpaired) electrons. The molecule has 1 aliphatic heterocycles. The number of fused-ring (bicyclic) bond motifs is 1. The van der Waals surface area contributed by atoms with E-state index in [4.69, 9.17) is 4.74 Å². The predicted molar refractivity (Wildman–Crippen MR) is 119 cm³/mol. The van der Waals surface area contributed by atoms with E-state index in [0.29, 0.717) is 43.4 Å². The lowest BCUT2D eigenvalue weighted by Crippen LogP contribution is -2.51. The number of nitrogens with one attached hydrogen (secondary N) is 2.